The Kier molecular flexibility index (Phi) is 5.97. The maximum absolute atomic E-state index is 12.7. The highest BCUT2D eigenvalue weighted by Gasteiger charge is 2.31. The summed E-state index contributed by atoms with van der Waals surface area (Å²) < 4.78 is 45.8. The number of alkyl halides is 3. The molecule has 3 heterocycles. The van der Waals surface area contributed by atoms with Crippen molar-refractivity contribution in [1.82, 2.24) is 20.0 Å². The fourth-order valence-electron chi connectivity index (χ4n) is 3.34. The van der Waals surface area contributed by atoms with Gasteiger partial charge in [-0.2, -0.15) is 4.98 Å². The van der Waals surface area contributed by atoms with Crippen LogP contribution in [0.5, 0.6) is 5.75 Å². The van der Waals surface area contributed by atoms with Gasteiger partial charge < -0.3 is 19.1 Å². The second kappa shape index (κ2) is 8.85. The molecular formula is C21H20F3N5O3. The van der Waals surface area contributed by atoms with Gasteiger partial charge in [-0.1, -0.05) is 12.1 Å². The molecule has 2 aromatic heterocycles. The fraction of sp³-hybridized carbons (Fsp3) is 0.333. The van der Waals surface area contributed by atoms with Crippen molar-refractivity contribution in [3.8, 4) is 17.1 Å². The van der Waals surface area contributed by atoms with Crippen molar-refractivity contribution < 1.29 is 27.2 Å². The minimum atomic E-state index is -4.77. The van der Waals surface area contributed by atoms with E-state index in [0.29, 0.717) is 49.9 Å². The third-order valence-electron chi connectivity index (χ3n) is 5.00. The lowest BCUT2D eigenvalue weighted by molar-refractivity contribution is -0.274. The largest absolute Gasteiger partial charge is 0.573 e. The minimum Gasteiger partial charge on any atom is -0.406 e. The predicted octanol–water partition coefficient (Wildman–Crippen LogP) is 3.56. The van der Waals surface area contributed by atoms with Crippen LogP contribution in [0.3, 0.4) is 0 Å². The molecule has 1 fully saturated rings. The Morgan fingerprint density at radius 3 is 2.38 bits per heavy atom. The highest BCUT2D eigenvalue weighted by molar-refractivity contribution is 5.94. The Morgan fingerprint density at radius 1 is 1.09 bits per heavy atom. The smallest absolute Gasteiger partial charge is 0.406 e. The Morgan fingerprint density at radius 2 is 1.81 bits per heavy atom. The van der Waals surface area contributed by atoms with Crippen LogP contribution in [0.2, 0.25) is 0 Å². The standard InChI is InChI=1S/C21H20F3N5O3/c1-2-18-26-19(27-32-18)15-5-8-17(25-13-15)28-9-11-29(12-10-28)20(30)14-3-6-16(7-4-14)31-21(22,23)24/h3-8,13H,2,9-12H2,1H3. The lowest BCUT2D eigenvalue weighted by Crippen LogP contribution is -2.49. The van der Waals surface area contributed by atoms with Gasteiger partial charge in [-0.05, 0) is 36.4 Å². The highest BCUT2D eigenvalue weighted by atomic mass is 19.4. The van der Waals surface area contributed by atoms with Crippen molar-refractivity contribution in [2.45, 2.75) is 19.7 Å². The lowest BCUT2D eigenvalue weighted by Gasteiger charge is -2.35. The number of aromatic nitrogens is 3. The first-order chi connectivity index (χ1) is 15.3. The number of ether oxygens (including phenoxy) is 1. The van der Waals surface area contributed by atoms with E-state index in [1.54, 1.807) is 11.1 Å². The van der Waals surface area contributed by atoms with Gasteiger partial charge in [0.2, 0.25) is 11.7 Å². The van der Waals surface area contributed by atoms with E-state index in [1.807, 2.05) is 19.1 Å². The van der Waals surface area contributed by atoms with E-state index in [2.05, 4.69) is 24.8 Å². The second-order valence-electron chi connectivity index (χ2n) is 7.12. The molecule has 1 aromatic carbocycles. The summed E-state index contributed by atoms with van der Waals surface area (Å²) in [6.45, 7) is 4.02. The molecule has 0 spiro atoms. The van der Waals surface area contributed by atoms with E-state index in [4.69, 9.17) is 4.52 Å². The number of nitrogens with zero attached hydrogens (tertiary/aromatic N) is 5. The predicted molar refractivity (Wildman–Crippen MR) is 108 cm³/mol. The van der Waals surface area contributed by atoms with Gasteiger partial charge in [-0.15, -0.1) is 13.2 Å². The van der Waals surface area contributed by atoms with Crippen LogP contribution in [0.25, 0.3) is 11.4 Å². The van der Waals surface area contributed by atoms with Crippen LogP contribution < -0.4 is 9.64 Å². The van der Waals surface area contributed by atoms with Gasteiger partial charge in [0.25, 0.3) is 5.91 Å². The zero-order chi connectivity index (χ0) is 22.7. The summed E-state index contributed by atoms with van der Waals surface area (Å²) in [4.78, 5) is 25.2. The molecule has 0 saturated carbocycles. The van der Waals surface area contributed by atoms with Gasteiger partial charge in [0.15, 0.2) is 0 Å². The molecule has 3 aromatic rings. The van der Waals surface area contributed by atoms with Gasteiger partial charge in [0.05, 0.1) is 0 Å². The van der Waals surface area contributed by atoms with Crippen LogP contribution in [-0.2, 0) is 6.42 Å². The molecule has 0 aliphatic carbocycles. The van der Waals surface area contributed by atoms with E-state index in [0.717, 1.165) is 23.5 Å². The third-order valence-corrected chi connectivity index (χ3v) is 5.00. The molecule has 1 aliphatic heterocycles. The molecule has 8 nitrogen and oxygen atoms in total. The summed E-state index contributed by atoms with van der Waals surface area (Å²) in [5.74, 6) is 1.22. The average molecular weight is 447 g/mol. The first kappa shape index (κ1) is 21.6. The zero-order valence-electron chi connectivity index (χ0n) is 17.2. The van der Waals surface area contributed by atoms with Crippen molar-refractivity contribution in [1.29, 1.82) is 0 Å². The van der Waals surface area contributed by atoms with Crippen LogP contribution in [0.15, 0.2) is 47.1 Å². The number of carbonyl (C=O) groups is 1. The third kappa shape index (κ3) is 4.98. The van der Waals surface area contributed by atoms with Crippen LogP contribution in [0.1, 0.15) is 23.2 Å². The normalized spacial score (nSPS) is 14.5. The molecule has 32 heavy (non-hydrogen) atoms. The highest BCUT2D eigenvalue weighted by Crippen LogP contribution is 2.24. The monoisotopic (exact) mass is 447 g/mol. The van der Waals surface area contributed by atoms with Crippen LogP contribution >= 0.6 is 0 Å². The number of aryl methyl sites for hydroxylation is 1. The number of piperazine rings is 1. The quantitative estimate of drug-likeness (QED) is 0.591. The Balaban J connectivity index is 1.34. The van der Waals surface area contributed by atoms with Crippen molar-refractivity contribution in [3.05, 3.63) is 54.0 Å². The van der Waals surface area contributed by atoms with E-state index in [1.165, 1.54) is 12.1 Å². The lowest BCUT2D eigenvalue weighted by atomic mass is 10.1. The first-order valence-electron chi connectivity index (χ1n) is 10.0. The molecule has 0 atom stereocenters. The number of anilines is 1. The Labute approximate surface area is 181 Å². The van der Waals surface area contributed by atoms with Gasteiger partial charge in [0.1, 0.15) is 11.6 Å². The van der Waals surface area contributed by atoms with Gasteiger partial charge in [-0.3, -0.25) is 4.79 Å². The first-order valence-corrected chi connectivity index (χ1v) is 10.0. The second-order valence-corrected chi connectivity index (χ2v) is 7.12. The number of carbonyl (C=O) groups excluding carboxylic acids is 1. The molecule has 1 aliphatic rings. The summed E-state index contributed by atoms with van der Waals surface area (Å²) in [6.07, 6.45) is -2.42. The number of benzene rings is 1. The van der Waals surface area contributed by atoms with Crippen LogP contribution in [-0.4, -0.2) is 58.5 Å². The van der Waals surface area contributed by atoms with Crippen molar-refractivity contribution >= 4 is 11.7 Å². The summed E-state index contributed by atoms with van der Waals surface area (Å²) >= 11 is 0. The average Bonchev–Trinajstić information content (AvgIpc) is 3.28. The summed E-state index contributed by atoms with van der Waals surface area (Å²) in [5, 5.41) is 3.93. The van der Waals surface area contributed by atoms with Crippen LogP contribution in [0.4, 0.5) is 19.0 Å². The zero-order valence-corrected chi connectivity index (χ0v) is 17.2. The number of hydrogen-bond acceptors (Lipinski definition) is 7. The molecule has 0 unspecified atom stereocenters. The Bertz CT molecular complexity index is 1060. The number of rotatable bonds is 5. The maximum atomic E-state index is 12.7. The molecule has 0 bridgehead atoms. The van der Waals surface area contributed by atoms with Crippen molar-refractivity contribution in [2.24, 2.45) is 0 Å². The maximum Gasteiger partial charge on any atom is 0.573 e. The van der Waals surface area contributed by atoms with E-state index >= 15 is 0 Å². The number of amides is 1. The van der Waals surface area contributed by atoms with E-state index in [9.17, 15) is 18.0 Å². The number of pyridine rings is 1. The SMILES string of the molecule is CCc1nc(-c2ccc(N3CCN(C(=O)c4ccc(OC(F)(F)F)cc4)CC3)nc2)no1. The molecular weight excluding hydrogens is 427 g/mol. The van der Waals surface area contributed by atoms with Gasteiger partial charge in [-0.25, -0.2) is 4.98 Å². The van der Waals surface area contributed by atoms with Crippen LogP contribution in [0, 0.1) is 0 Å². The molecule has 4 rings (SSSR count). The molecule has 11 heteroatoms. The summed E-state index contributed by atoms with van der Waals surface area (Å²) in [5.41, 5.74) is 1.06. The number of halogens is 3. The summed E-state index contributed by atoms with van der Waals surface area (Å²) in [7, 11) is 0. The van der Waals surface area contributed by atoms with Crippen molar-refractivity contribution in [2.75, 3.05) is 31.1 Å². The summed E-state index contributed by atoms with van der Waals surface area (Å²) in [6, 6.07) is 8.67. The van der Waals surface area contributed by atoms with E-state index < -0.39 is 6.36 Å². The Hall–Kier alpha value is -3.63. The van der Waals surface area contributed by atoms with Crippen molar-refractivity contribution in [3.63, 3.8) is 0 Å². The number of hydrogen-bond donors (Lipinski definition) is 0. The fourth-order valence-corrected chi connectivity index (χ4v) is 3.34. The molecule has 0 radical (unpaired) electrons. The van der Waals surface area contributed by atoms with E-state index in [-0.39, 0.29) is 11.7 Å². The molecule has 0 N–H and O–H groups in total. The van der Waals surface area contributed by atoms with Gasteiger partial charge in [0, 0.05) is 49.9 Å². The topological polar surface area (TPSA) is 84.6 Å². The minimum absolute atomic E-state index is 0.240. The van der Waals surface area contributed by atoms with Gasteiger partial charge >= 0.3 is 6.36 Å². The molecule has 168 valence electrons. The molecule has 1 saturated heterocycles. The molecule has 1 amide bonds.